The van der Waals surface area contributed by atoms with E-state index in [-0.39, 0.29) is 17.8 Å². The lowest BCUT2D eigenvalue weighted by atomic mass is 10.0. The Morgan fingerprint density at radius 2 is 2.29 bits per heavy atom. The van der Waals surface area contributed by atoms with Crippen LogP contribution in [0.15, 0.2) is 29.4 Å². The third-order valence-electron chi connectivity index (χ3n) is 3.70. The Morgan fingerprint density at radius 1 is 1.43 bits per heavy atom. The lowest BCUT2D eigenvalue weighted by Gasteiger charge is -2.13. The number of carbonyl (C=O) groups is 1. The molecule has 0 aliphatic carbocycles. The molecule has 1 saturated heterocycles. The van der Waals surface area contributed by atoms with Gasteiger partial charge in [-0.1, -0.05) is 17.3 Å². The molecule has 21 heavy (non-hydrogen) atoms. The maximum absolute atomic E-state index is 12.0. The number of phenolic OH excluding ortho intramolecular Hbond substituents is 1. The molecular weight excluding hydrogens is 272 g/mol. The summed E-state index contributed by atoms with van der Waals surface area (Å²) >= 11 is 0. The van der Waals surface area contributed by atoms with Gasteiger partial charge in [0.2, 0.25) is 6.10 Å². The van der Waals surface area contributed by atoms with E-state index in [0.29, 0.717) is 24.2 Å². The van der Waals surface area contributed by atoms with Crippen molar-refractivity contribution >= 4 is 11.6 Å². The molecule has 1 aromatic rings. The van der Waals surface area contributed by atoms with Crippen molar-refractivity contribution in [2.75, 3.05) is 13.2 Å². The number of carbonyl (C=O) groups excluding carboxylic acids is 1. The van der Waals surface area contributed by atoms with Crippen LogP contribution in [0, 0.1) is 0 Å². The quantitative estimate of drug-likeness (QED) is 0.872. The molecule has 1 fully saturated rings. The summed E-state index contributed by atoms with van der Waals surface area (Å²) in [5.74, 6) is -0.0556. The predicted octanol–water partition coefficient (Wildman–Crippen LogP) is 1.18. The second-order valence-corrected chi connectivity index (χ2v) is 5.23. The van der Waals surface area contributed by atoms with Crippen molar-refractivity contribution in [1.29, 1.82) is 0 Å². The van der Waals surface area contributed by atoms with E-state index in [4.69, 9.17) is 9.57 Å². The van der Waals surface area contributed by atoms with E-state index in [9.17, 15) is 9.90 Å². The van der Waals surface area contributed by atoms with Crippen LogP contribution in [0.4, 0.5) is 0 Å². The summed E-state index contributed by atoms with van der Waals surface area (Å²) in [5, 5.41) is 16.5. The van der Waals surface area contributed by atoms with Gasteiger partial charge in [0.25, 0.3) is 5.91 Å². The minimum Gasteiger partial charge on any atom is -0.507 e. The van der Waals surface area contributed by atoms with Gasteiger partial charge >= 0.3 is 0 Å². The Morgan fingerprint density at radius 3 is 3.05 bits per heavy atom. The first kappa shape index (κ1) is 13.9. The number of aromatic hydroxyl groups is 1. The van der Waals surface area contributed by atoms with Gasteiger partial charge in [0.15, 0.2) is 0 Å². The van der Waals surface area contributed by atoms with Crippen LogP contribution in [0.25, 0.3) is 0 Å². The molecule has 2 aliphatic rings. The smallest absolute Gasteiger partial charge is 0.264 e. The summed E-state index contributed by atoms with van der Waals surface area (Å²) in [6.07, 6.45) is 1.84. The Balaban J connectivity index is 1.53. The van der Waals surface area contributed by atoms with Gasteiger partial charge in [0.1, 0.15) is 5.75 Å². The second-order valence-electron chi connectivity index (χ2n) is 5.23. The molecule has 0 bridgehead atoms. The number of ether oxygens (including phenoxy) is 1. The molecule has 0 saturated carbocycles. The highest BCUT2D eigenvalue weighted by Gasteiger charge is 2.30. The van der Waals surface area contributed by atoms with Crippen molar-refractivity contribution in [1.82, 2.24) is 5.32 Å². The summed E-state index contributed by atoms with van der Waals surface area (Å²) in [4.78, 5) is 17.2. The zero-order valence-corrected chi connectivity index (χ0v) is 11.6. The highest BCUT2D eigenvalue weighted by Crippen LogP contribution is 2.23. The van der Waals surface area contributed by atoms with Gasteiger partial charge < -0.3 is 20.0 Å². The normalized spacial score (nSPS) is 24.5. The fourth-order valence-corrected chi connectivity index (χ4v) is 2.53. The van der Waals surface area contributed by atoms with Crippen LogP contribution >= 0.6 is 0 Å². The van der Waals surface area contributed by atoms with Gasteiger partial charge in [0, 0.05) is 25.1 Å². The average molecular weight is 290 g/mol. The van der Waals surface area contributed by atoms with Gasteiger partial charge in [-0.25, -0.2) is 0 Å². The average Bonchev–Trinajstić information content (AvgIpc) is 3.17. The summed E-state index contributed by atoms with van der Waals surface area (Å²) in [7, 11) is 0. The molecule has 112 valence electrons. The first-order chi connectivity index (χ1) is 10.2. The van der Waals surface area contributed by atoms with Crippen LogP contribution < -0.4 is 5.32 Å². The third-order valence-corrected chi connectivity index (χ3v) is 3.70. The lowest BCUT2D eigenvalue weighted by Crippen LogP contribution is -2.39. The minimum atomic E-state index is -0.638. The molecule has 1 aromatic carbocycles. The van der Waals surface area contributed by atoms with Gasteiger partial charge in [-0.3, -0.25) is 4.79 Å². The number of para-hydroxylation sites is 1. The summed E-state index contributed by atoms with van der Waals surface area (Å²) in [6.45, 7) is 1.27. The topological polar surface area (TPSA) is 80.2 Å². The van der Waals surface area contributed by atoms with E-state index in [0.717, 1.165) is 19.4 Å². The van der Waals surface area contributed by atoms with Crippen LogP contribution in [0.1, 0.15) is 24.8 Å². The highest BCUT2D eigenvalue weighted by atomic mass is 16.6. The summed E-state index contributed by atoms with van der Waals surface area (Å²) in [6, 6.07) is 6.89. The fourth-order valence-electron chi connectivity index (χ4n) is 2.53. The molecule has 2 heterocycles. The van der Waals surface area contributed by atoms with Gasteiger partial charge in [-0.2, -0.15) is 0 Å². The van der Waals surface area contributed by atoms with E-state index in [1.54, 1.807) is 18.2 Å². The number of nitrogens with one attached hydrogen (secondary N) is 1. The van der Waals surface area contributed by atoms with Crippen molar-refractivity contribution < 1.29 is 19.5 Å². The molecular formula is C15H18N2O4. The number of nitrogens with zero attached hydrogens (tertiary/aromatic N) is 1. The number of hydrogen-bond acceptors (Lipinski definition) is 5. The Bertz CT molecular complexity index is 552. The molecule has 2 atom stereocenters. The number of phenols is 1. The standard InChI is InChI=1S/C15H18N2O4/c18-13-6-2-1-5-11(13)12-8-14(21-17-12)15(19)16-9-10-4-3-7-20-10/h1-2,5-6,10,14,18H,3-4,7-9H2,(H,16,19)/t10-,14+/m1/s1. The minimum absolute atomic E-state index is 0.105. The zero-order valence-electron chi connectivity index (χ0n) is 11.6. The van der Waals surface area contributed by atoms with Crippen LogP contribution in [0.5, 0.6) is 5.75 Å². The van der Waals surface area contributed by atoms with Crippen LogP contribution in [-0.4, -0.2) is 42.1 Å². The molecule has 2 aliphatic heterocycles. The van der Waals surface area contributed by atoms with Gasteiger partial charge in [0.05, 0.1) is 11.8 Å². The van der Waals surface area contributed by atoms with Crippen molar-refractivity contribution in [3.05, 3.63) is 29.8 Å². The van der Waals surface area contributed by atoms with Crippen LogP contribution in [0.2, 0.25) is 0 Å². The van der Waals surface area contributed by atoms with Crippen LogP contribution in [0.3, 0.4) is 0 Å². The van der Waals surface area contributed by atoms with Gasteiger partial charge in [-0.05, 0) is 25.0 Å². The molecule has 3 rings (SSSR count). The highest BCUT2D eigenvalue weighted by molar-refractivity contribution is 6.05. The van der Waals surface area contributed by atoms with Crippen molar-refractivity contribution in [3.63, 3.8) is 0 Å². The molecule has 6 nitrogen and oxygen atoms in total. The van der Waals surface area contributed by atoms with E-state index < -0.39 is 6.10 Å². The number of benzene rings is 1. The van der Waals surface area contributed by atoms with E-state index in [1.807, 2.05) is 6.07 Å². The zero-order chi connectivity index (χ0) is 14.7. The van der Waals surface area contributed by atoms with Crippen LogP contribution in [-0.2, 0) is 14.4 Å². The predicted molar refractivity (Wildman–Crippen MR) is 76.1 cm³/mol. The Kier molecular flexibility index (Phi) is 4.06. The first-order valence-electron chi connectivity index (χ1n) is 7.14. The number of hydrogen-bond donors (Lipinski definition) is 2. The molecule has 0 unspecified atom stereocenters. The molecule has 0 aromatic heterocycles. The molecule has 6 heteroatoms. The Labute approximate surface area is 122 Å². The van der Waals surface area contributed by atoms with Gasteiger partial charge in [-0.15, -0.1) is 0 Å². The molecule has 2 N–H and O–H groups in total. The number of amides is 1. The second kappa shape index (κ2) is 6.13. The maximum atomic E-state index is 12.0. The maximum Gasteiger partial charge on any atom is 0.264 e. The number of oxime groups is 1. The van der Waals surface area contributed by atoms with Crippen molar-refractivity contribution in [3.8, 4) is 5.75 Å². The van der Waals surface area contributed by atoms with Crippen molar-refractivity contribution in [2.24, 2.45) is 5.16 Å². The SMILES string of the molecule is O=C(NC[C@H]1CCCO1)[C@@H]1CC(c2ccccc2O)=NO1. The third kappa shape index (κ3) is 3.16. The largest absolute Gasteiger partial charge is 0.507 e. The summed E-state index contributed by atoms with van der Waals surface area (Å²) in [5.41, 5.74) is 1.19. The number of rotatable bonds is 4. The molecule has 0 spiro atoms. The molecule has 0 radical (unpaired) electrons. The van der Waals surface area contributed by atoms with Crippen molar-refractivity contribution in [2.45, 2.75) is 31.5 Å². The summed E-state index contributed by atoms with van der Waals surface area (Å²) < 4.78 is 5.45. The lowest BCUT2D eigenvalue weighted by molar-refractivity contribution is -0.131. The molecule has 1 amide bonds. The first-order valence-corrected chi connectivity index (χ1v) is 7.14. The monoisotopic (exact) mass is 290 g/mol. The van der Waals surface area contributed by atoms with E-state index in [2.05, 4.69) is 10.5 Å². The Hall–Kier alpha value is -2.08. The van der Waals surface area contributed by atoms with E-state index in [1.165, 1.54) is 0 Å². The van der Waals surface area contributed by atoms with E-state index >= 15 is 0 Å². The fraction of sp³-hybridized carbons (Fsp3) is 0.467.